The fraction of sp³-hybridized carbons (Fsp3) is 0.273. The number of aryl methyl sites for hydroxylation is 4. The zero-order chi connectivity index (χ0) is 27.8. The van der Waals surface area contributed by atoms with Gasteiger partial charge < -0.3 is 14.2 Å². The SMILES string of the molecule is CCOC(=O)CCc1ccc(OCc2cccc(-c3c(C)cc(OCc4cccc(C)n4)cc3C)c2)cc1F. The van der Waals surface area contributed by atoms with Crippen LogP contribution in [0.4, 0.5) is 4.39 Å². The number of hydrogen-bond acceptors (Lipinski definition) is 5. The lowest BCUT2D eigenvalue weighted by atomic mass is 9.94. The molecule has 4 rings (SSSR count). The summed E-state index contributed by atoms with van der Waals surface area (Å²) in [4.78, 5) is 16.1. The first kappa shape index (κ1) is 27.8. The zero-order valence-electron chi connectivity index (χ0n) is 22.9. The average molecular weight is 528 g/mol. The van der Waals surface area contributed by atoms with Gasteiger partial charge in [0.2, 0.25) is 0 Å². The van der Waals surface area contributed by atoms with Crippen molar-refractivity contribution >= 4 is 5.97 Å². The first-order valence-electron chi connectivity index (χ1n) is 13.1. The Labute approximate surface area is 229 Å². The molecule has 0 aliphatic rings. The Bertz CT molecular complexity index is 1430. The molecule has 0 unspecified atom stereocenters. The summed E-state index contributed by atoms with van der Waals surface area (Å²) in [6.07, 6.45) is 0.436. The highest BCUT2D eigenvalue weighted by atomic mass is 19.1. The second-order valence-corrected chi connectivity index (χ2v) is 9.54. The molecular weight excluding hydrogens is 493 g/mol. The molecule has 0 N–H and O–H groups in total. The second-order valence-electron chi connectivity index (χ2n) is 9.54. The maximum absolute atomic E-state index is 14.5. The van der Waals surface area contributed by atoms with Crippen molar-refractivity contribution < 1.29 is 23.4 Å². The van der Waals surface area contributed by atoms with Crippen molar-refractivity contribution in [2.75, 3.05) is 6.61 Å². The summed E-state index contributed by atoms with van der Waals surface area (Å²) in [6, 6.07) is 22.9. The Morgan fingerprint density at radius 3 is 2.31 bits per heavy atom. The third kappa shape index (κ3) is 7.66. The van der Waals surface area contributed by atoms with E-state index >= 15 is 0 Å². The van der Waals surface area contributed by atoms with E-state index in [9.17, 15) is 9.18 Å². The van der Waals surface area contributed by atoms with Crippen LogP contribution in [-0.4, -0.2) is 17.6 Å². The molecule has 1 aromatic heterocycles. The average Bonchev–Trinajstić information content (AvgIpc) is 2.90. The second kappa shape index (κ2) is 13.1. The minimum atomic E-state index is -0.391. The third-order valence-corrected chi connectivity index (χ3v) is 6.39. The molecule has 0 atom stereocenters. The van der Waals surface area contributed by atoms with E-state index in [0.29, 0.717) is 37.6 Å². The maximum Gasteiger partial charge on any atom is 0.306 e. The fourth-order valence-electron chi connectivity index (χ4n) is 4.57. The van der Waals surface area contributed by atoms with Crippen molar-refractivity contribution in [1.82, 2.24) is 4.98 Å². The minimum absolute atomic E-state index is 0.146. The van der Waals surface area contributed by atoms with Gasteiger partial charge in [-0.2, -0.15) is 0 Å². The van der Waals surface area contributed by atoms with Crippen molar-refractivity contribution in [1.29, 1.82) is 0 Å². The number of aromatic nitrogens is 1. The van der Waals surface area contributed by atoms with E-state index in [1.807, 2.05) is 49.4 Å². The van der Waals surface area contributed by atoms with E-state index in [1.165, 1.54) is 6.07 Å². The van der Waals surface area contributed by atoms with Gasteiger partial charge in [0, 0.05) is 18.2 Å². The van der Waals surface area contributed by atoms with Crippen LogP contribution in [0.1, 0.15) is 47.0 Å². The Kier molecular flexibility index (Phi) is 9.31. The lowest BCUT2D eigenvalue weighted by Gasteiger charge is -2.15. The first-order chi connectivity index (χ1) is 18.8. The van der Waals surface area contributed by atoms with Crippen molar-refractivity contribution in [2.45, 2.75) is 53.8 Å². The number of benzene rings is 3. The minimum Gasteiger partial charge on any atom is -0.489 e. The molecule has 0 fully saturated rings. The molecule has 4 aromatic rings. The highest BCUT2D eigenvalue weighted by Crippen LogP contribution is 2.32. The van der Waals surface area contributed by atoms with Crippen LogP contribution < -0.4 is 9.47 Å². The number of pyridine rings is 1. The summed E-state index contributed by atoms with van der Waals surface area (Å²) in [5.41, 5.74) is 7.76. The number of carbonyl (C=O) groups excluding carboxylic acids is 1. The number of esters is 1. The third-order valence-electron chi connectivity index (χ3n) is 6.39. The quantitative estimate of drug-likeness (QED) is 0.189. The Morgan fingerprint density at radius 2 is 1.59 bits per heavy atom. The molecule has 0 bridgehead atoms. The van der Waals surface area contributed by atoms with Crippen LogP contribution in [0.25, 0.3) is 11.1 Å². The molecule has 5 nitrogen and oxygen atoms in total. The molecule has 0 aliphatic carbocycles. The molecule has 1 heterocycles. The van der Waals surface area contributed by atoms with Crippen molar-refractivity contribution in [2.24, 2.45) is 0 Å². The van der Waals surface area contributed by atoms with Crippen LogP contribution in [0.5, 0.6) is 11.5 Å². The van der Waals surface area contributed by atoms with Crippen molar-refractivity contribution in [3.8, 4) is 22.6 Å². The molecule has 0 aliphatic heterocycles. The lowest BCUT2D eigenvalue weighted by molar-refractivity contribution is -0.143. The van der Waals surface area contributed by atoms with Crippen LogP contribution >= 0.6 is 0 Å². The van der Waals surface area contributed by atoms with E-state index < -0.39 is 5.82 Å². The van der Waals surface area contributed by atoms with E-state index in [2.05, 4.69) is 31.0 Å². The van der Waals surface area contributed by atoms with Gasteiger partial charge in [-0.05, 0) is 104 Å². The number of nitrogens with zero attached hydrogens (tertiary/aromatic N) is 1. The molecule has 0 radical (unpaired) electrons. The molecule has 0 amide bonds. The van der Waals surface area contributed by atoms with E-state index in [1.54, 1.807) is 19.1 Å². The predicted octanol–water partition coefficient (Wildman–Crippen LogP) is 7.47. The van der Waals surface area contributed by atoms with Crippen LogP contribution in [0.2, 0.25) is 0 Å². The summed E-state index contributed by atoms with van der Waals surface area (Å²) in [7, 11) is 0. The molecule has 0 spiro atoms. The van der Waals surface area contributed by atoms with Gasteiger partial charge in [0.25, 0.3) is 0 Å². The maximum atomic E-state index is 14.5. The van der Waals surface area contributed by atoms with Crippen LogP contribution in [0.15, 0.2) is 72.8 Å². The lowest BCUT2D eigenvalue weighted by Crippen LogP contribution is -2.06. The Balaban J connectivity index is 1.40. The van der Waals surface area contributed by atoms with Gasteiger partial charge in [0.05, 0.1) is 12.3 Å². The highest BCUT2D eigenvalue weighted by Gasteiger charge is 2.11. The standard InChI is InChI=1S/C33H34FNO4/c1-5-37-32(36)15-13-26-12-14-29(19-31(26)34)38-20-25-9-7-10-27(18-25)33-22(2)16-30(17-23(33)3)39-21-28-11-6-8-24(4)35-28/h6-12,14,16-19H,5,13,15,20-21H2,1-4H3. The van der Waals surface area contributed by atoms with Gasteiger partial charge in [-0.1, -0.05) is 30.3 Å². The predicted molar refractivity (Wildman–Crippen MR) is 150 cm³/mol. The zero-order valence-corrected chi connectivity index (χ0v) is 22.9. The first-order valence-corrected chi connectivity index (χ1v) is 13.1. The van der Waals surface area contributed by atoms with Gasteiger partial charge in [-0.25, -0.2) is 4.39 Å². The van der Waals surface area contributed by atoms with E-state index in [4.69, 9.17) is 14.2 Å². The number of halogens is 1. The van der Waals surface area contributed by atoms with Gasteiger partial charge in [0.1, 0.15) is 30.5 Å². The molecule has 202 valence electrons. The summed E-state index contributed by atoms with van der Waals surface area (Å²) in [5.74, 6) is 0.528. The van der Waals surface area contributed by atoms with E-state index in [0.717, 1.165) is 45.0 Å². The number of rotatable bonds is 11. The van der Waals surface area contributed by atoms with Crippen LogP contribution in [-0.2, 0) is 29.2 Å². The topological polar surface area (TPSA) is 57.7 Å². The summed E-state index contributed by atoms with van der Waals surface area (Å²) < 4.78 is 31.4. The summed E-state index contributed by atoms with van der Waals surface area (Å²) >= 11 is 0. The van der Waals surface area contributed by atoms with Crippen LogP contribution in [0.3, 0.4) is 0 Å². The molecule has 3 aromatic carbocycles. The monoisotopic (exact) mass is 527 g/mol. The van der Waals surface area contributed by atoms with Crippen molar-refractivity contribution in [3.05, 3.63) is 112 Å². The summed E-state index contributed by atoms with van der Waals surface area (Å²) in [6.45, 7) is 8.92. The molecule has 39 heavy (non-hydrogen) atoms. The fourth-order valence-corrected chi connectivity index (χ4v) is 4.57. The van der Waals surface area contributed by atoms with Gasteiger partial charge >= 0.3 is 5.97 Å². The van der Waals surface area contributed by atoms with E-state index in [-0.39, 0.29) is 12.4 Å². The molecular formula is C33H34FNO4. The molecule has 0 saturated carbocycles. The summed E-state index contributed by atoms with van der Waals surface area (Å²) in [5, 5.41) is 0. The number of hydrogen-bond donors (Lipinski definition) is 0. The van der Waals surface area contributed by atoms with Gasteiger partial charge in [0.15, 0.2) is 0 Å². The van der Waals surface area contributed by atoms with Crippen molar-refractivity contribution in [3.63, 3.8) is 0 Å². The largest absolute Gasteiger partial charge is 0.489 e. The normalized spacial score (nSPS) is 10.8. The van der Waals surface area contributed by atoms with Gasteiger partial charge in [-0.3, -0.25) is 9.78 Å². The molecule has 0 saturated heterocycles. The smallest absolute Gasteiger partial charge is 0.306 e. The highest BCUT2D eigenvalue weighted by molar-refractivity contribution is 5.72. The van der Waals surface area contributed by atoms with Gasteiger partial charge in [-0.15, -0.1) is 0 Å². The van der Waals surface area contributed by atoms with Crippen LogP contribution in [0, 0.1) is 26.6 Å². The number of carbonyl (C=O) groups is 1. The Hall–Kier alpha value is -4.19. The number of ether oxygens (including phenoxy) is 3. The Morgan fingerprint density at radius 1 is 0.846 bits per heavy atom. The molecule has 6 heteroatoms.